The highest BCUT2D eigenvalue weighted by Gasteiger charge is 2.10. The molecule has 0 saturated carbocycles. The van der Waals surface area contributed by atoms with E-state index in [9.17, 15) is 0 Å². The number of benzene rings is 1. The van der Waals surface area contributed by atoms with Crippen molar-refractivity contribution in [3.63, 3.8) is 0 Å². The molecule has 0 unspecified atom stereocenters. The molecule has 4 heteroatoms. The van der Waals surface area contributed by atoms with E-state index in [4.69, 9.17) is 5.73 Å². The topological polar surface area (TPSA) is 51.8 Å². The molecule has 3 aromatic rings. The van der Waals surface area contributed by atoms with Gasteiger partial charge >= 0.3 is 0 Å². The fourth-order valence-corrected chi connectivity index (χ4v) is 2.74. The van der Waals surface area contributed by atoms with Gasteiger partial charge in [-0.25, -0.2) is 9.97 Å². The second-order valence-corrected chi connectivity index (χ2v) is 4.76. The lowest BCUT2D eigenvalue weighted by molar-refractivity contribution is 1.33. The van der Waals surface area contributed by atoms with Gasteiger partial charge in [-0.2, -0.15) is 0 Å². The Morgan fingerprint density at radius 2 is 2.00 bits per heavy atom. The molecule has 0 spiro atoms. The van der Waals surface area contributed by atoms with E-state index >= 15 is 0 Å². The molecule has 3 rings (SSSR count). The van der Waals surface area contributed by atoms with Crippen LogP contribution >= 0.6 is 11.3 Å². The van der Waals surface area contributed by atoms with Crippen LogP contribution in [-0.4, -0.2) is 9.97 Å². The van der Waals surface area contributed by atoms with E-state index in [1.165, 1.54) is 4.70 Å². The highest BCUT2D eigenvalue weighted by molar-refractivity contribution is 7.16. The minimum absolute atomic E-state index is 0.560. The number of nitrogens with two attached hydrogens (primary N) is 1. The molecule has 0 aliphatic heterocycles. The Morgan fingerprint density at radius 3 is 2.82 bits per heavy atom. The van der Waals surface area contributed by atoms with E-state index in [2.05, 4.69) is 29.0 Å². The van der Waals surface area contributed by atoms with Crippen LogP contribution in [0.3, 0.4) is 0 Å². The quantitative estimate of drug-likeness (QED) is 0.711. The summed E-state index contributed by atoms with van der Waals surface area (Å²) in [6, 6.07) is 8.06. The average Bonchev–Trinajstić information content (AvgIpc) is 2.80. The number of hydrogen-bond donors (Lipinski definition) is 1. The average molecular weight is 241 g/mol. The highest BCUT2D eigenvalue weighted by atomic mass is 32.1. The maximum atomic E-state index is 5.91. The number of pyridine rings is 1. The lowest BCUT2D eigenvalue weighted by Gasteiger charge is -2.08. The van der Waals surface area contributed by atoms with E-state index in [1.807, 2.05) is 17.6 Å². The number of anilines is 1. The summed E-state index contributed by atoms with van der Waals surface area (Å²) in [7, 11) is 0. The Kier molecular flexibility index (Phi) is 2.30. The molecular weight excluding hydrogens is 230 g/mol. The first-order valence-corrected chi connectivity index (χ1v) is 6.19. The van der Waals surface area contributed by atoms with Gasteiger partial charge in [0.05, 0.1) is 15.7 Å². The molecule has 0 radical (unpaired) electrons. The maximum absolute atomic E-state index is 5.91. The lowest BCUT2D eigenvalue weighted by atomic mass is 10.0. The maximum Gasteiger partial charge on any atom is 0.131 e. The summed E-state index contributed by atoms with van der Waals surface area (Å²) < 4.78 is 1.20. The first kappa shape index (κ1) is 10.2. The van der Waals surface area contributed by atoms with Crippen molar-refractivity contribution in [1.29, 1.82) is 0 Å². The summed E-state index contributed by atoms with van der Waals surface area (Å²) in [5, 5.41) is 0. The predicted molar refractivity (Wildman–Crippen MR) is 72.0 cm³/mol. The van der Waals surface area contributed by atoms with Gasteiger partial charge in [0, 0.05) is 11.8 Å². The van der Waals surface area contributed by atoms with E-state index in [0.717, 1.165) is 22.2 Å². The van der Waals surface area contributed by atoms with Crippen molar-refractivity contribution in [1.82, 2.24) is 9.97 Å². The van der Waals surface area contributed by atoms with Crippen molar-refractivity contribution < 1.29 is 0 Å². The van der Waals surface area contributed by atoms with Gasteiger partial charge in [0.25, 0.3) is 0 Å². The molecule has 84 valence electrons. The van der Waals surface area contributed by atoms with Crippen LogP contribution in [0.4, 0.5) is 5.82 Å². The third kappa shape index (κ3) is 1.57. The Balaban J connectivity index is 2.31. The zero-order chi connectivity index (χ0) is 11.8. The second kappa shape index (κ2) is 3.82. The lowest BCUT2D eigenvalue weighted by Crippen LogP contribution is -1.94. The summed E-state index contributed by atoms with van der Waals surface area (Å²) in [4.78, 5) is 8.52. The molecule has 2 N–H and O–H groups in total. The van der Waals surface area contributed by atoms with Crippen LogP contribution in [0.25, 0.3) is 21.3 Å². The zero-order valence-corrected chi connectivity index (χ0v) is 10.2. The zero-order valence-electron chi connectivity index (χ0n) is 9.34. The number of aromatic nitrogens is 2. The monoisotopic (exact) mass is 241 g/mol. The molecule has 0 bridgehead atoms. The molecule has 0 aliphatic carbocycles. The van der Waals surface area contributed by atoms with Crippen LogP contribution in [0.15, 0.2) is 36.0 Å². The van der Waals surface area contributed by atoms with Gasteiger partial charge in [0.1, 0.15) is 5.82 Å². The van der Waals surface area contributed by atoms with E-state index in [1.54, 1.807) is 17.5 Å². The molecule has 2 heterocycles. The summed E-state index contributed by atoms with van der Waals surface area (Å²) in [6.07, 6.45) is 1.70. The molecule has 0 saturated heterocycles. The standard InChI is InChI=1S/C13H11N3S/c1-8-9(10-3-2-6-15-13(10)14)4-5-11-12(8)16-7-17-11/h2-7H,1H3,(H2,14,15). The minimum atomic E-state index is 0.560. The molecule has 0 amide bonds. The minimum Gasteiger partial charge on any atom is -0.383 e. The Hall–Kier alpha value is -1.94. The molecule has 3 nitrogen and oxygen atoms in total. The van der Waals surface area contributed by atoms with Crippen molar-refractivity contribution >= 4 is 27.4 Å². The van der Waals surface area contributed by atoms with Gasteiger partial charge in [0.2, 0.25) is 0 Å². The molecule has 0 fully saturated rings. The number of fused-ring (bicyclic) bond motifs is 1. The highest BCUT2D eigenvalue weighted by Crippen LogP contribution is 2.32. The van der Waals surface area contributed by atoms with E-state index < -0.39 is 0 Å². The summed E-state index contributed by atoms with van der Waals surface area (Å²) in [5.74, 6) is 0.560. The summed E-state index contributed by atoms with van der Waals surface area (Å²) in [6.45, 7) is 2.07. The van der Waals surface area contributed by atoms with Crippen LogP contribution in [0.1, 0.15) is 5.56 Å². The van der Waals surface area contributed by atoms with Crippen molar-refractivity contribution in [3.8, 4) is 11.1 Å². The number of nitrogens with zero attached hydrogens (tertiary/aromatic N) is 2. The largest absolute Gasteiger partial charge is 0.383 e. The number of thiazole rings is 1. The first-order chi connectivity index (χ1) is 8.27. The van der Waals surface area contributed by atoms with E-state index in [-0.39, 0.29) is 0 Å². The third-order valence-electron chi connectivity index (χ3n) is 2.88. The van der Waals surface area contributed by atoms with E-state index in [0.29, 0.717) is 5.82 Å². The normalized spacial score (nSPS) is 10.9. The SMILES string of the molecule is Cc1c(-c2cccnc2N)ccc2scnc12. The Labute approximate surface area is 103 Å². The third-order valence-corrected chi connectivity index (χ3v) is 3.68. The second-order valence-electron chi connectivity index (χ2n) is 3.87. The van der Waals surface area contributed by atoms with Gasteiger partial charge in [-0.3, -0.25) is 0 Å². The molecular formula is C13H11N3S. The van der Waals surface area contributed by atoms with Crippen LogP contribution in [0, 0.1) is 6.92 Å². The van der Waals surface area contributed by atoms with Gasteiger partial charge < -0.3 is 5.73 Å². The van der Waals surface area contributed by atoms with Gasteiger partial charge in [-0.15, -0.1) is 11.3 Å². The van der Waals surface area contributed by atoms with Crippen molar-refractivity contribution in [2.75, 3.05) is 5.73 Å². The number of aryl methyl sites for hydroxylation is 1. The van der Waals surface area contributed by atoms with Crippen LogP contribution in [0.2, 0.25) is 0 Å². The van der Waals surface area contributed by atoms with Crippen molar-refractivity contribution in [2.24, 2.45) is 0 Å². The molecule has 0 atom stereocenters. The Morgan fingerprint density at radius 1 is 1.12 bits per heavy atom. The fourth-order valence-electron chi connectivity index (χ4n) is 2.00. The fraction of sp³-hybridized carbons (Fsp3) is 0.0769. The number of rotatable bonds is 1. The van der Waals surface area contributed by atoms with Gasteiger partial charge in [-0.05, 0) is 36.2 Å². The van der Waals surface area contributed by atoms with Crippen molar-refractivity contribution in [2.45, 2.75) is 6.92 Å². The molecule has 2 aromatic heterocycles. The number of nitrogen functional groups attached to an aromatic ring is 1. The van der Waals surface area contributed by atoms with Gasteiger partial charge in [0.15, 0.2) is 0 Å². The van der Waals surface area contributed by atoms with Crippen LogP contribution < -0.4 is 5.73 Å². The predicted octanol–water partition coefficient (Wildman–Crippen LogP) is 3.25. The molecule has 0 aliphatic rings. The first-order valence-electron chi connectivity index (χ1n) is 5.31. The molecule has 17 heavy (non-hydrogen) atoms. The van der Waals surface area contributed by atoms with Crippen LogP contribution in [-0.2, 0) is 0 Å². The smallest absolute Gasteiger partial charge is 0.131 e. The summed E-state index contributed by atoms with van der Waals surface area (Å²) in [5.41, 5.74) is 12.1. The molecule has 1 aromatic carbocycles. The number of hydrogen-bond acceptors (Lipinski definition) is 4. The van der Waals surface area contributed by atoms with Crippen LogP contribution in [0.5, 0.6) is 0 Å². The van der Waals surface area contributed by atoms with Gasteiger partial charge in [-0.1, -0.05) is 6.07 Å². The Bertz CT molecular complexity index is 688. The van der Waals surface area contributed by atoms with Crippen molar-refractivity contribution in [3.05, 3.63) is 41.5 Å². The summed E-state index contributed by atoms with van der Waals surface area (Å²) >= 11 is 1.65.